The van der Waals surface area contributed by atoms with Crippen LogP contribution >= 0.6 is 0 Å². The van der Waals surface area contributed by atoms with E-state index in [-0.39, 0.29) is 6.42 Å². The van der Waals surface area contributed by atoms with Crippen molar-refractivity contribution in [3.8, 4) is 16.9 Å². The molecule has 0 amide bonds. The number of nitrogens with zero attached hydrogens (tertiary/aromatic N) is 2. The van der Waals surface area contributed by atoms with Gasteiger partial charge in [-0.1, -0.05) is 19.9 Å². The number of rotatable bonds is 4. The van der Waals surface area contributed by atoms with Gasteiger partial charge in [0.25, 0.3) is 0 Å². The minimum Gasteiger partial charge on any atom is -0.493 e. The van der Waals surface area contributed by atoms with Gasteiger partial charge in [0.1, 0.15) is 5.75 Å². The summed E-state index contributed by atoms with van der Waals surface area (Å²) in [7, 11) is 0. The van der Waals surface area contributed by atoms with Gasteiger partial charge in [0.2, 0.25) is 0 Å². The Hall–Kier alpha value is -3.51. The van der Waals surface area contributed by atoms with Crippen molar-refractivity contribution in [2.75, 3.05) is 6.61 Å². The molecule has 0 spiro atoms. The molecular formula is C30H34N2O4. The van der Waals surface area contributed by atoms with Crippen LogP contribution in [0.5, 0.6) is 5.75 Å². The first-order chi connectivity index (χ1) is 16.9. The molecule has 5 rings (SSSR count). The summed E-state index contributed by atoms with van der Waals surface area (Å²) in [6.45, 7) is 12.1. The Kier molecular flexibility index (Phi) is 7.01. The van der Waals surface area contributed by atoms with Gasteiger partial charge in [0.05, 0.1) is 29.7 Å². The lowest BCUT2D eigenvalue weighted by molar-refractivity contribution is -0.136. The topological polar surface area (TPSA) is 92.5 Å². The van der Waals surface area contributed by atoms with Gasteiger partial charge < -0.3 is 14.9 Å². The molecule has 2 N–H and O–H groups in total. The number of aliphatic carboxylic acids is 1. The van der Waals surface area contributed by atoms with Gasteiger partial charge in [-0.3, -0.25) is 14.8 Å². The van der Waals surface area contributed by atoms with E-state index < -0.39 is 11.6 Å². The quantitative estimate of drug-likeness (QED) is 0.356. The molecule has 1 aliphatic rings. The molecule has 0 atom stereocenters. The van der Waals surface area contributed by atoms with E-state index in [1.165, 1.54) is 5.56 Å². The molecule has 0 saturated heterocycles. The van der Waals surface area contributed by atoms with Gasteiger partial charge in [-0.25, -0.2) is 0 Å². The Balaban J connectivity index is 0.000000556. The van der Waals surface area contributed by atoms with E-state index >= 15 is 0 Å². The average molecular weight is 487 g/mol. The van der Waals surface area contributed by atoms with Crippen molar-refractivity contribution in [3.05, 3.63) is 65.0 Å². The van der Waals surface area contributed by atoms with E-state index in [1.807, 2.05) is 43.5 Å². The van der Waals surface area contributed by atoms with Crippen LogP contribution in [0.25, 0.3) is 32.9 Å². The van der Waals surface area contributed by atoms with Crippen molar-refractivity contribution in [1.29, 1.82) is 0 Å². The first-order valence-electron chi connectivity index (χ1n) is 12.3. The Morgan fingerprint density at radius 1 is 1.14 bits per heavy atom. The number of carboxylic acids is 1. The second kappa shape index (κ2) is 9.86. The van der Waals surface area contributed by atoms with Crippen LogP contribution < -0.4 is 4.74 Å². The molecular weight excluding hydrogens is 452 g/mol. The van der Waals surface area contributed by atoms with Gasteiger partial charge in [-0.2, -0.15) is 0 Å². The highest BCUT2D eigenvalue weighted by Crippen LogP contribution is 2.42. The van der Waals surface area contributed by atoms with Crippen LogP contribution in [0.3, 0.4) is 0 Å². The van der Waals surface area contributed by atoms with Crippen LogP contribution in [-0.2, 0) is 17.6 Å². The second-order valence-electron chi connectivity index (χ2n) is 10.6. The monoisotopic (exact) mass is 486 g/mol. The summed E-state index contributed by atoms with van der Waals surface area (Å²) in [6, 6.07) is 12.2. The molecule has 0 bridgehead atoms. The molecule has 188 valence electrons. The van der Waals surface area contributed by atoms with Crippen LogP contribution in [0.15, 0.2) is 42.6 Å². The first kappa shape index (κ1) is 25.6. The fourth-order valence-corrected chi connectivity index (χ4v) is 4.58. The Bertz CT molecular complexity index is 1440. The number of hydrogen-bond donors (Lipinski definition) is 2. The normalized spacial score (nSPS) is 12.9. The van der Waals surface area contributed by atoms with Crippen molar-refractivity contribution in [3.63, 3.8) is 0 Å². The zero-order valence-corrected chi connectivity index (χ0v) is 21.8. The molecule has 4 aromatic rings. The Morgan fingerprint density at radius 3 is 2.53 bits per heavy atom. The number of hydrogen-bond acceptors (Lipinski definition) is 5. The number of pyridine rings is 2. The summed E-state index contributed by atoms with van der Waals surface area (Å²) >= 11 is 0. The van der Waals surface area contributed by atoms with E-state index in [2.05, 4.69) is 19.9 Å². The number of aliphatic hydroxyl groups is 1. The number of carboxylic acid groups (broad SMARTS) is 1. The number of aryl methyl sites for hydroxylation is 1. The average Bonchev–Trinajstić information content (AvgIpc) is 2.79. The van der Waals surface area contributed by atoms with Crippen molar-refractivity contribution in [2.45, 2.75) is 65.9 Å². The minimum atomic E-state index is -0.852. The lowest BCUT2D eigenvalue weighted by Crippen LogP contribution is -2.10. The highest BCUT2D eigenvalue weighted by atomic mass is 16.5. The summed E-state index contributed by atoms with van der Waals surface area (Å²) in [5.74, 6) is 0.297. The standard InChI is InChI=1S/C26H24N2O3.C4H10O/c1-14(2)20-6-4-17-21(28-20)12-15(3)19(13-23(29)30)25(17)18-5-7-22-24-16(9-11-31-22)8-10-27-26(18)24;1-4(2,3)5/h4-8,10,12,14H,9,11,13H2,1-3H3,(H,29,30);5H,1-3H3. The zero-order valence-electron chi connectivity index (χ0n) is 21.8. The van der Waals surface area contributed by atoms with Crippen LogP contribution in [0.1, 0.15) is 62.9 Å². The van der Waals surface area contributed by atoms with Crippen LogP contribution in [0.4, 0.5) is 0 Å². The zero-order chi connectivity index (χ0) is 26.2. The van der Waals surface area contributed by atoms with E-state index in [0.717, 1.165) is 61.9 Å². The van der Waals surface area contributed by atoms with Crippen LogP contribution in [0, 0.1) is 6.92 Å². The van der Waals surface area contributed by atoms with Gasteiger partial charge in [-0.05, 0) is 86.2 Å². The highest BCUT2D eigenvalue weighted by molar-refractivity contribution is 6.07. The largest absolute Gasteiger partial charge is 0.493 e. The molecule has 1 aliphatic heterocycles. The molecule has 0 saturated carbocycles. The van der Waals surface area contributed by atoms with Crippen LogP contribution in [-0.4, -0.2) is 38.4 Å². The number of aromatic nitrogens is 2. The van der Waals surface area contributed by atoms with Crippen molar-refractivity contribution < 1.29 is 19.7 Å². The first-order valence-corrected chi connectivity index (χ1v) is 12.3. The molecule has 2 aromatic heterocycles. The summed E-state index contributed by atoms with van der Waals surface area (Å²) in [6.07, 6.45) is 2.62. The summed E-state index contributed by atoms with van der Waals surface area (Å²) in [5, 5.41) is 20.1. The van der Waals surface area contributed by atoms with Gasteiger partial charge >= 0.3 is 5.97 Å². The van der Waals surface area contributed by atoms with E-state index in [4.69, 9.17) is 19.8 Å². The maximum Gasteiger partial charge on any atom is 0.307 e. The molecule has 3 heterocycles. The highest BCUT2D eigenvalue weighted by Gasteiger charge is 2.22. The molecule has 36 heavy (non-hydrogen) atoms. The fraction of sp³-hybridized carbons (Fsp3) is 0.367. The van der Waals surface area contributed by atoms with Gasteiger partial charge in [-0.15, -0.1) is 0 Å². The lowest BCUT2D eigenvalue weighted by Gasteiger charge is -2.21. The summed E-state index contributed by atoms with van der Waals surface area (Å²) in [5.41, 5.74) is 7.02. The van der Waals surface area contributed by atoms with Gasteiger partial charge in [0.15, 0.2) is 0 Å². The van der Waals surface area contributed by atoms with E-state index in [1.54, 1.807) is 20.8 Å². The molecule has 0 aliphatic carbocycles. The number of fused-ring (bicyclic) bond motifs is 1. The van der Waals surface area contributed by atoms with E-state index in [9.17, 15) is 9.90 Å². The fourth-order valence-electron chi connectivity index (χ4n) is 4.58. The SMILES string of the molecule is CC(C)(C)O.Cc1cc2nc(C(C)C)ccc2c(-c2ccc3c4c(ccnc24)CCO3)c1CC(=O)O. The summed E-state index contributed by atoms with van der Waals surface area (Å²) in [4.78, 5) is 21.4. The molecule has 0 radical (unpaired) electrons. The third-order valence-corrected chi connectivity index (χ3v) is 6.10. The van der Waals surface area contributed by atoms with E-state index in [0.29, 0.717) is 12.5 Å². The molecule has 0 unspecified atom stereocenters. The Morgan fingerprint density at radius 2 is 1.86 bits per heavy atom. The van der Waals surface area contributed by atoms with Crippen molar-refractivity contribution in [1.82, 2.24) is 9.97 Å². The molecule has 2 aromatic carbocycles. The second-order valence-corrected chi connectivity index (χ2v) is 10.6. The minimum absolute atomic E-state index is 0.0531. The molecule has 0 fully saturated rings. The third kappa shape index (κ3) is 5.34. The van der Waals surface area contributed by atoms with Crippen molar-refractivity contribution >= 4 is 27.8 Å². The third-order valence-electron chi connectivity index (χ3n) is 6.10. The predicted octanol–water partition coefficient (Wildman–Crippen LogP) is 6.22. The summed E-state index contributed by atoms with van der Waals surface area (Å²) < 4.78 is 5.89. The molecule has 6 heteroatoms. The maximum absolute atomic E-state index is 11.8. The van der Waals surface area contributed by atoms with Crippen LogP contribution in [0.2, 0.25) is 0 Å². The number of ether oxygens (including phenoxy) is 1. The maximum atomic E-state index is 11.8. The lowest BCUT2D eigenvalue weighted by atomic mass is 9.87. The number of benzene rings is 2. The predicted molar refractivity (Wildman–Crippen MR) is 144 cm³/mol. The molecule has 6 nitrogen and oxygen atoms in total. The van der Waals surface area contributed by atoms with Gasteiger partial charge in [0, 0.05) is 34.6 Å². The number of carbonyl (C=O) groups is 1. The smallest absolute Gasteiger partial charge is 0.307 e. The Labute approximate surface area is 212 Å². The van der Waals surface area contributed by atoms with Crippen molar-refractivity contribution in [2.24, 2.45) is 0 Å².